The summed E-state index contributed by atoms with van der Waals surface area (Å²) >= 11 is 1.43. The molecule has 1 saturated carbocycles. The second-order valence-electron chi connectivity index (χ2n) is 6.06. The van der Waals surface area contributed by atoms with Crippen LogP contribution in [0.1, 0.15) is 18.9 Å². The summed E-state index contributed by atoms with van der Waals surface area (Å²) in [6.45, 7) is 2.15. The standard InChI is InChI=1S/C19H17FN2OS/c1-2-11-5-3-4-6-13(11)12-7-8-16-17(9-12)24-19(21-16)22-18(23)14-10-15(14)20/h3-9,14-15H,2,10H2,1H3,(H,21,22,23). The molecule has 2 unspecified atom stereocenters. The number of thiazole rings is 1. The van der Waals surface area contributed by atoms with Crippen molar-refractivity contribution < 1.29 is 9.18 Å². The van der Waals surface area contributed by atoms with Crippen molar-refractivity contribution in [1.82, 2.24) is 4.98 Å². The van der Waals surface area contributed by atoms with E-state index in [2.05, 4.69) is 47.6 Å². The van der Waals surface area contributed by atoms with E-state index in [-0.39, 0.29) is 5.91 Å². The highest BCUT2D eigenvalue weighted by atomic mass is 32.1. The van der Waals surface area contributed by atoms with E-state index < -0.39 is 12.1 Å². The van der Waals surface area contributed by atoms with Crippen molar-refractivity contribution in [3.8, 4) is 11.1 Å². The van der Waals surface area contributed by atoms with Gasteiger partial charge in [0, 0.05) is 0 Å². The van der Waals surface area contributed by atoms with Crippen molar-refractivity contribution in [3.05, 3.63) is 48.0 Å². The highest BCUT2D eigenvalue weighted by molar-refractivity contribution is 7.22. The molecule has 0 saturated heterocycles. The van der Waals surface area contributed by atoms with E-state index in [1.807, 2.05) is 12.1 Å². The van der Waals surface area contributed by atoms with Crippen LogP contribution in [0.3, 0.4) is 0 Å². The second-order valence-corrected chi connectivity index (χ2v) is 7.09. The van der Waals surface area contributed by atoms with Crippen molar-refractivity contribution in [3.63, 3.8) is 0 Å². The summed E-state index contributed by atoms with van der Waals surface area (Å²) in [5.41, 5.74) is 4.52. The van der Waals surface area contributed by atoms with E-state index in [9.17, 15) is 9.18 Å². The SMILES string of the molecule is CCc1ccccc1-c1ccc2nc(NC(=O)C3CC3F)sc2c1. The normalized spacial score (nSPS) is 19.4. The van der Waals surface area contributed by atoms with Crippen molar-refractivity contribution in [2.45, 2.75) is 25.9 Å². The fraction of sp³-hybridized carbons (Fsp3) is 0.263. The molecule has 2 aromatic carbocycles. The van der Waals surface area contributed by atoms with Gasteiger partial charge in [-0.2, -0.15) is 0 Å². The number of hydrogen-bond donors (Lipinski definition) is 1. The van der Waals surface area contributed by atoms with E-state index in [0.29, 0.717) is 11.6 Å². The molecule has 0 spiro atoms. The predicted octanol–water partition coefficient (Wildman–Crippen LogP) is 4.82. The number of carbonyl (C=O) groups is 1. The third kappa shape index (κ3) is 2.80. The Morgan fingerprint density at radius 1 is 1.33 bits per heavy atom. The Balaban J connectivity index is 1.65. The third-order valence-electron chi connectivity index (χ3n) is 4.38. The first-order chi connectivity index (χ1) is 11.7. The Morgan fingerprint density at radius 3 is 2.88 bits per heavy atom. The third-order valence-corrected chi connectivity index (χ3v) is 5.31. The number of hydrogen-bond acceptors (Lipinski definition) is 3. The first-order valence-electron chi connectivity index (χ1n) is 8.09. The summed E-state index contributed by atoms with van der Waals surface area (Å²) in [6.07, 6.45) is 0.315. The largest absolute Gasteiger partial charge is 0.302 e. The van der Waals surface area contributed by atoms with Gasteiger partial charge in [-0.15, -0.1) is 0 Å². The van der Waals surface area contributed by atoms with Crippen LogP contribution in [-0.2, 0) is 11.2 Å². The van der Waals surface area contributed by atoms with Crippen LogP contribution in [0.5, 0.6) is 0 Å². The number of nitrogens with one attached hydrogen (secondary N) is 1. The maximum absolute atomic E-state index is 13.0. The van der Waals surface area contributed by atoms with E-state index in [4.69, 9.17) is 0 Å². The number of carbonyl (C=O) groups excluding carboxylic acids is 1. The summed E-state index contributed by atoms with van der Waals surface area (Å²) in [6, 6.07) is 14.5. The quantitative estimate of drug-likeness (QED) is 0.740. The van der Waals surface area contributed by atoms with Gasteiger partial charge in [-0.1, -0.05) is 48.6 Å². The lowest BCUT2D eigenvalue weighted by Gasteiger charge is -2.07. The van der Waals surface area contributed by atoms with Crippen LogP contribution in [0.25, 0.3) is 21.3 Å². The lowest BCUT2D eigenvalue weighted by molar-refractivity contribution is -0.117. The Labute approximate surface area is 143 Å². The molecule has 1 aromatic heterocycles. The van der Waals surface area contributed by atoms with Crippen LogP contribution < -0.4 is 5.32 Å². The summed E-state index contributed by atoms with van der Waals surface area (Å²) in [4.78, 5) is 16.3. The van der Waals surface area contributed by atoms with Crippen molar-refractivity contribution in [2.24, 2.45) is 5.92 Å². The van der Waals surface area contributed by atoms with Gasteiger partial charge >= 0.3 is 0 Å². The molecule has 5 heteroatoms. The van der Waals surface area contributed by atoms with Gasteiger partial charge in [0.15, 0.2) is 5.13 Å². The van der Waals surface area contributed by atoms with E-state index >= 15 is 0 Å². The van der Waals surface area contributed by atoms with Gasteiger partial charge in [0.1, 0.15) is 6.17 Å². The number of rotatable bonds is 4. The molecule has 1 N–H and O–H groups in total. The molecule has 0 radical (unpaired) electrons. The molecule has 1 heterocycles. The molecule has 3 aromatic rings. The average Bonchev–Trinajstić information content (AvgIpc) is 3.20. The van der Waals surface area contributed by atoms with Crippen LogP contribution in [-0.4, -0.2) is 17.1 Å². The molecule has 0 bridgehead atoms. The molecular formula is C19H17FN2OS. The number of benzene rings is 2. The Hall–Kier alpha value is -2.27. The number of aryl methyl sites for hydroxylation is 1. The topological polar surface area (TPSA) is 42.0 Å². The van der Waals surface area contributed by atoms with Crippen molar-refractivity contribution in [1.29, 1.82) is 0 Å². The van der Waals surface area contributed by atoms with Gasteiger partial charge in [-0.3, -0.25) is 4.79 Å². The Kier molecular flexibility index (Phi) is 3.81. The summed E-state index contributed by atoms with van der Waals surface area (Å²) < 4.78 is 14.0. The molecule has 24 heavy (non-hydrogen) atoms. The lowest BCUT2D eigenvalue weighted by atomic mass is 9.98. The lowest BCUT2D eigenvalue weighted by Crippen LogP contribution is -2.14. The van der Waals surface area contributed by atoms with Crippen LogP contribution in [0.4, 0.5) is 9.52 Å². The number of nitrogens with zero attached hydrogens (tertiary/aromatic N) is 1. The average molecular weight is 340 g/mol. The highest BCUT2D eigenvalue weighted by Gasteiger charge is 2.43. The fourth-order valence-electron chi connectivity index (χ4n) is 2.89. The molecule has 122 valence electrons. The van der Waals surface area contributed by atoms with E-state index in [1.165, 1.54) is 22.5 Å². The van der Waals surface area contributed by atoms with Crippen LogP contribution in [0.15, 0.2) is 42.5 Å². The molecule has 1 aliphatic carbocycles. The van der Waals surface area contributed by atoms with Crippen molar-refractivity contribution in [2.75, 3.05) is 5.32 Å². The molecule has 2 atom stereocenters. The van der Waals surface area contributed by atoms with Crippen molar-refractivity contribution >= 4 is 32.6 Å². The minimum absolute atomic E-state index is 0.266. The van der Waals surface area contributed by atoms with Gasteiger partial charge < -0.3 is 5.32 Å². The van der Waals surface area contributed by atoms with E-state index in [0.717, 1.165) is 22.2 Å². The Bertz CT molecular complexity index is 921. The number of alkyl halides is 1. The zero-order chi connectivity index (χ0) is 16.7. The number of fused-ring (bicyclic) bond motifs is 1. The number of amides is 1. The van der Waals surface area contributed by atoms with Crippen LogP contribution >= 0.6 is 11.3 Å². The molecular weight excluding hydrogens is 323 g/mol. The van der Waals surface area contributed by atoms with Gasteiger partial charge in [-0.25, -0.2) is 9.37 Å². The monoisotopic (exact) mass is 340 g/mol. The summed E-state index contributed by atoms with van der Waals surface area (Å²) in [5, 5.41) is 3.27. The Morgan fingerprint density at radius 2 is 2.12 bits per heavy atom. The highest BCUT2D eigenvalue weighted by Crippen LogP contribution is 2.36. The van der Waals surface area contributed by atoms with Crippen LogP contribution in [0, 0.1) is 5.92 Å². The zero-order valence-electron chi connectivity index (χ0n) is 13.3. The minimum atomic E-state index is -0.989. The summed E-state index contributed by atoms with van der Waals surface area (Å²) in [5.74, 6) is -0.762. The van der Waals surface area contributed by atoms with Crippen LogP contribution in [0.2, 0.25) is 0 Å². The predicted molar refractivity (Wildman–Crippen MR) is 96.1 cm³/mol. The summed E-state index contributed by atoms with van der Waals surface area (Å²) in [7, 11) is 0. The first kappa shape index (κ1) is 15.3. The smallest absolute Gasteiger partial charge is 0.232 e. The fourth-order valence-corrected chi connectivity index (χ4v) is 3.80. The minimum Gasteiger partial charge on any atom is -0.302 e. The van der Waals surface area contributed by atoms with Gasteiger partial charge in [0.25, 0.3) is 0 Å². The molecule has 1 fully saturated rings. The maximum atomic E-state index is 13.0. The van der Waals surface area contributed by atoms with Gasteiger partial charge in [0.05, 0.1) is 16.1 Å². The molecule has 1 aliphatic rings. The maximum Gasteiger partial charge on any atom is 0.232 e. The second kappa shape index (κ2) is 5.98. The molecule has 4 rings (SSSR count). The molecule has 1 amide bonds. The number of anilines is 1. The number of halogens is 1. The van der Waals surface area contributed by atoms with Gasteiger partial charge in [0.2, 0.25) is 5.91 Å². The number of aromatic nitrogens is 1. The molecule has 0 aliphatic heterocycles. The zero-order valence-corrected chi connectivity index (χ0v) is 14.1. The first-order valence-corrected chi connectivity index (χ1v) is 8.91. The molecule has 3 nitrogen and oxygen atoms in total. The van der Waals surface area contributed by atoms with E-state index in [1.54, 1.807) is 0 Å². The van der Waals surface area contributed by atoms with Gasteiger partial charge in [-0.05, 0) is 41.7 Å².